The summed E-state index contributed by atoms with van der Waals surface area (Å²) in [4.78, 5) is 25.1. The quantitative estimate of drug-likeness (QED) is 0.312. The van der Waals surface area contributed by atoms with Crippen molar-refractivity contribution in [3.63, 3.8) is 0 Å². The van der Waals surface area contributed by atoms with E-state index in [2.05, 4.69) is 9.57 Å². The van der Waals surface area contributed by atoms with Crippen molar-refractivity contribution in [2.45, 2.75) is 26.3 Å². The van der Waals surface area contributed by atoms with Crippen molar-refractivity contribution in [1.82, 2.24) is 0 Å². The molecule has 0 aromatic heterocycles. The van der Waals surface area contributed by atoms with E-state index in [1.165, 1.54) is 6.92 Å². The summed E-state index contributed by atoms with van der Waals surface area (Å²) in [6.45, 7) is 4.51. The Morgan fingerprint density at radius 3 is 2.50 bits per heavy atom. The van der Waals surface area contributed by atoms with Crippen LogP contribution in [0.1, 0.15) is 20.8 Å². The van der Waals surface area contributed by atoms with Crippen molar-refractivity contribution in [2.75, 3.05) is 13.2 Å². The lowest BCUT2D eigenvalue weighted by Crippen LogP contribution is -2.29. The first kappa shape index (κ1) is 14.8. The molecular weight excluding hydrogens is 242 g/mol. The maximum Gasteiger partial charge on any atom is 0.509 e. The molecule has 0 N–H and O–H groups in total. The Balaban J connectivity index is 3.89. The lowest BCUT2D eigenvalue weighted by molar-refractivity contribution is -0.760. The predicted octanol–water partition coefficient (Wildman–Crippen LogP) is 1.96. The molecule has 0 aromatic rings. The van der Waals surface area contributed by atoms with Crippen LogP contribution < -0.4 is 0 Å². The molecule has 0 saturated carbocycles. The highest BCUT2D eigenvalue weighted by Crippen LogP contribution is 2.16. The molecule has 8 heteroatoms. The smallest absolute Gasteiger partial charge is 0.434 e. The molecule has 0 heterocycles. The van der Waals surface area contributed by atoms with E-state index in [0.29, 0.717) is 0 Å². The van der Waals surface area contributed by atoms with Gasteiger partial charge in [-0.25, -0.2) is 4.79 Å². The first-order valence-electron chi connectivity index (χ1n) is 4.48. The van der Waals surface area contributed by atoms with Crippen molar-refractivity contribution in [1.29, 1.82) is 0 Å². The molecular formula is C8H14ClNO6. The third kappa shape index (κ3) is 8.10. The molecule has 0 radical (unpaired) electrons. The predicted molar refractivity (Wildman–Crippen MR) is 54.5 cm³/mol. The number of halogens is 1. The Bertz CT molecular complexity index is 255. The van der Waals surface area contributed by atoms with Gasteiger partial charge in [0.2, 0.25) is 0 Å². The zero-order chi connectivity index (χ0) is 12.8. The van der Waals surface area contributed by atoms with Gasteiger partial charge in [-0.15, -0.1) is 10.1 Å². The largest absolute Gasteiger partial charge is 0.509 e. The summed E-state index contributed by atoms with van der Waals surface area (Å²) in [5.74, 6) is 0. The molecule has 0 aliphatic heterocycles. The molecule has 0 spiro atoms. The van der Waals surface area contributed by atoms with Crippen molar-refractivity contribution >= 4 is 17.8 Å². The number of rotatable bonds is 6. The van der Waals surface area contributed by atoms with Crippen LogP contribution in [0.25, 0.3) is 0 Å². The van der Waals surface area contributed by atoms with Gasteiger partial charge in [0.05, 0.1) is 0 Å². The van der Waals surface area contributed by atoms with Gasteiger partial charge in [-0.05, 0) is 6.92 Å². The summed E-state index contributed by atoms with van der Waals surface area (Å²) in [5, 5.41) is 9.06. The van der Waals surface area contributed by atoms with E-state index in [9.17, 15) is 14.9 Å². The summed E-state index contributed by atoms with van der Waals surface area (Å²) in [7, 11) is 0. The molecule has 1 unspecified atom stereocenters. The van der Waals surface area contributed by atoms with Crippen molar-refractivity contribution in [3.8, 4) is 0 Å². The third-order valence-corrected chi connectivity index (χ3v) is 1.49. The fraction of sp³-hybridized carbons (Fsp3) is 0.875. The van der Waals surface area contributed by atoms with Crippen LogP contribution in [0.15, 0.2) is 0 Å². The van der Waals surface area contributed by atoms with Crippen LogP contribution in [0, 0.1) is 15.5 Å². The molecule has 0 aliphatic rings. The van der Waals surface area contributed by atoms with Crippen LogP contribution in [0.4, 0.5) is 4.79 Å². The van der Waals surface area contributed by atoms with Gasteiger partial charge < -0.3 is 14.3 Å². The van der Waals surface area contributed by atoms with E-state index >= 15 is 0 Å². The molecule has 1 atom stereocenters. The highest BCUT2D eigenvalue weighted by Gasteiger charge is 2.23. The maximum atomic E-state index is 10.9. The second kappa shape index (κ2) is 6.37. The summed E-state index contributed by atoms with van der Waals surface area (Å²) in [6, 6.07) is 0. The minimum atomic E-state index is -0.920. The number of hydrogen-bond acceptors (Lipinski definition) is 6. The van der Waals surface area contributed by atoms with Crippen LogP contribution in [0.3, 0.4) is 0 Å². The highest BCUT2D eigenvalue weighted by molar-refractivity contribution is 6.19. The van der Waals surface area contributed by atoms with Crippen LogP contribution in [-0.4, -0.2) is 30.0 Å². The van der Waals surface area contributed by atoms with E-state index in [0.717, 1.165) is 0 Å². The number of hydrogen-bond donors (Lipinski definition) is 0. The van der Waals surface area contributed by atoms with Gasteiger partial charge in [0.15, 0.2) is 5.56 Å². The molecule has 0 aliphatic carbocycles. The molecule has 0 saturated heterocycles. The average Bonchev–Trinajstić information content (AvgIpc) is 2.11. The zero-order valence-electron chi connectivity index (χ0n) is 9.27. The Kier molecular flexibility index (Phi) is 5.87. The van der Waals surface area contributed by atoms with Gasteiger partial charge in [-0.1, -0.05) is 25.4 Å². The van der Waals surface area contributed by atoms with Crippen LogP contribution in [0.5, 0.6) is 0 Å². The lowest BCUT2D eigenvalue weighted by atomic mass is 9.97. The monoisotopic (exact) mass is 255 g/mol. The van der Waals surface area contributed by atoms with Gasteiger partial charge >= 0.3 is 6.16 Å². The van der Waals surface area contributed by atoms with Gasteiger partial charge in [0.25, 0.3) is 5.09 Å². The standard InChI is InChI=1S/C8H14ClNO6/c1-6(9)16-7(11)14-4-8(2,3)5-15-10(12)13/h6H,4-5H2,1-3H3. The number of carbonyl (C=O) groups is 1. The van der Waals surface area contributed by atoms with Gasteiger partial charge in [0.1, 0.15) is 13.2 Å². The molecule has 0 bridgehead atoms. The van der Waals surface area contributed by atoms with Crippen LogP contribution >= 0.6 is 11.6 Å². The molecule has 0 aromatic carbocycles. The number of carbonyl (C=O) groups excluding carboxylic acids is 1. The summed E-state index contributed by atoms with van der Waals surface area (Å²) >= 11 is 5.39. The molecule has 0 rings (SSSR count). The second-order valence-corrected chi connectivity index (χ2v) is 4.48. The zero-order valence-corrected chi connectivity index (χ0v) is 10.0. The van der Waals surface area contributed by atoms with E-state index in [-0.39, 0.29) is 13.2 Å². The molecule has 7 nitrogen and oxygen atoms in total. The minimum Gasteiger partial charge on any atom is -0.434 e. The number of ether oxygens (including phenoxy) is 2. The SMILES string of the molecule is CC(Cl)OC(=O)OCC(C)(C)CO[N+](=O)[O-]. The first-order chi connectivity index (χ1) is 7.23. The average molecular weight is 256 g/mol. The van der Waals surface area contributed by atoms with E-state index in [1.807, 2.05) is 0 Å². The maximum absolute atomic E-state index is 10.9. The molecule has 0 amide bonds. The normalized spacial score (nSPS) is 12.8. The van der Waals surface area contributed by atoms with Gasteiger partial charge in [0, 0.05) is 5.41 Å². The molecule has 16 heavy (non-hydrogen) atoms. The lowest BCUT2D eigenvalue weighted by Gasteiger charge is -2.22. The van der Waals surface area contributed by atoms with Crippen molar-refractivity contribution in [2.24, 2.45) is 5.41 Å². The number of alkyl halides is 1. The summed E-state index contributed by atoms with van der Waals surface area (Å²) in [6.07, 6.45) is -0.920. The van der Waals surface area contributed by atoms with Crippen molar-refractivity contribution in [3.05, 3.63) is 10.1 Å². The van der Waals surface area contributed by atoms with Crippen LogP contribution in [0.2, 0.25) is 0 Å². The number of nitrogens with zero attached hydrogens (tertiary/aromatic N) is 1. The third-order valence-electron chi connectivity index (χ3n) is 1.40. The van der Waals surface area contributed by atoms with E-state index in [4.69, 9.17) is 16.3 Å². The Hall–Kier alpha value is -1.24. The highest BCUT2D eigenvalue weighted by atomic mass is 35.5. The fourth-order valence-corrected chi connectivity index (χ4v) is 0.763. The topological polar surface area (TPSA) is 87.9 Å². The fourth-order valence-electron chi connectivity index (χ4n) is 0.690. The van der Waals surface area contributed by atoms with Gasteiger partial charge in [-0.2, -0.15) is 0 Å². The summed E-state index contributed by atoms with van der Waals surface area (Å²) < 4.78 is 9.20. The van der Waals surface area contributed by atoms with Crippen molar-refractivity contribution < 1.29 is 24.2 Å². The molecule has 0 fully saturated rings. The van der Waals surface area contributed by atoms with Crippen LogP contribution in [-0.2, 0) is 14.3 Å². The van der Waals surface area contributed by atoms with Gasteiger partial charge in [-0.3, -0.25) is 0 Å². The Labute approximate surface area is 97.7 Å². The first-order valence-corrected chi connectivity index (χ1v) is 4.91. The second-order valence-electron chi connectivity index (χ2n) is 3.86. The molecule has 94 valence electrons. The Morgan fingerprint density at radius 2 is 2.06 bits per heavy atom. The van der Waals surface area contributed by atoms with E-state index in [1.54, 1.807) is 13.8 Å². The minimum absolute atomic E-state index is 0.0662. The summed E-state index contributed by atoms with van der Waals surface area (Å²) in [5.41, 5.74) is -1.47. The van der Waals surface area contributed by atoms with E-state index < -0.39 is 22.2 Å². The Morgan fingerprint density at radius 1 is 1.50 bits per heavy atom.